The standard InChI is InChI=1S/C10H14ClNO2S/c1-3-12(15(2,13)14)8-9-4-6-10(11)7-5-9/h4-7H,3,8H2,1-2H3. The molecule has 0 radical (unpaired) electrons. The fraction of sp³-hybridized carbons (Fsp3) is 0.400. The van der Waals surface area contributed by atoms with Gasteiger partial charge in [-0.2, -0.15) is 4.31 Å². The molecule has 0 aromatic heterocycles. The van der Waals surface area contributed by atoms with Crippen molar-refractivity contribution in [1.82, 2.24) is 4.31 Å². The highest BCUT2D eigenvalue weighted by Gasteiger charge is 2.14. The predicted molar refractivity (Wildman–Crippen MR) is 62.4 cm³/mol. The van der Waals surface area contributed by atoms with E-state index in [1.807, 2.05) is 19.1 Å². The van der Waals surface area contributed by atoms with Crippen molar-refractivity contribution < 1.29 is 8.42 Å². The summed E-state index contributed by atoms with van der Waals surface area (Å²) in [5, 5.41) is 0.654. The molecule has 5 heteroatoms. The summed E-state index contributed by atoms with van der Waals surface area (Å²) in [4.78, 5) is 0. The lowest BCUT2D eigenvalue weighted by Gasteiger charge is -2.17. The molecule has 0 saturated carbocycles. The molecule has 0 unspecified atom stereocenters. The second kappa shape index (κ2) is 4.96. The van der Waals surface area contributed by atoms with Crippen LogP contribution in [0.15, 0.2) is 24.3 Å². The molecule has 15 heavy (non-hydrogen) atoms. The van der Waals surface area contributed by atoms with E-state index in [0.29, 0.717) is 18.1 Å². The summed E-state index contributed by atoms with van der Waals surface area (Å²) in [6, 6.07) is 7.17. The number of halogens is 1. The van der Waals surface area contributed by atoms with Crippen molar-refractivity contribution in [3.8, 4) is 0 Å². The molecule has 0 heterocycles. The van der Waals surface area contributed by atoms with Gasteiger partial charge in [0.15, 0.2) is 0 Å². The molecule has 1 aromatic rings. The van der Waals surface area contributed by atoms with E-state index in [4.69, 9.17) is 11.6 Å². The zero-order chi connectivity index (χ0) is 11.5. The van der Waals surface area contributed by atoms with Gasteiger partial charge in [-0.1, -0.05) is 30.7 Å². The molecule has 0 N–H and O–H groups in total. The van der Waals surface area contributed by atoms with Gasteiger partial charge in [0.1, 0.15) is 0 Å². The molecule has 0 atom stereocenters. The maximum atomic E-state index is 11.3. The van der Waals surface area contributed by atoms with E-state index in [1.54, 1.807) is 12.1 Å². The molecule has 3 nitrogen and oxygen atoms in total. The fourth-order valence-electron chi connectivity index (χ4n) is 1.26. The Hall–Kier alpha value is -0.580. The van der Waals surface area contributed by atoms with Crippen LogP contribution < -0.4 is 0 Å². The number of nitrogens with zero attached hydrogens (tertiary/aromatic N) is 1. The summed E-state index contributed by atoms with van der Waals surface area (Å²) in [5.74, 6) is 0. The summed E-state index contributed by atoms with van der Waals surface area (Å²) in [6.07, 6.45) is 1.21. The van der Waals surface area contributed by atoms with E-state index in [9.17, 15) is 8.42 Å². The number of rotatable bonds is 4. The lowest BCUT2D eigenvalue weighted by Crippen LogP contribution is -2.29. The van der Waals surface area contributed by atoms with Gasteiger partial charge in [0, 0.05) is 18.1 Å². The zero-order valence-electron chi connectivity index (χ0n) is 8.77. The Balaban J connectivity index is 2.80. The van der Waals surface area contributed by atoms with Gasteiger partial charge in [-0.3, -0.25) is 0 Å². The smallest absolute Gasteiger partial charge is 0.211 e. The second-order valence-electron chi connectivity index (χ2n) is 3.32. The summed E-state index contributed by atoms with van der Waals surface area (Å²) in [7, 11) is -3.12. The Morgan fingerprint density at radius 1 is 1.27 bits per heavy atom. The number of hydrogen-bond donors (Lipinski definition) is 0. The molecule has 0 aliphatic heterocycles. The van der Waals surface area contributed by atoms with Crippen LogP contribution in [0.4, 0.5) is 0 Å². The average Bonchev–Trinajstić information content (AvgIpc) is 2.15. The Kier molecular flexibility index (Phi) is 4.13. The molecule has 1 aromatic carbocycles. The fourth-order valence-corrected chi connectivity index (χ4v) is 2.24. The first kappa shape index (κ1) is 12.5. The minimum Gasteiger partial charge on any atom is -0.212 e. The molecule has 0 aliphatic carbocycles. The Morgan fingerprint density at radius 3 is 2.20 bits per heavy atom. The van der Waals surface area contributed by atoms with Gasteiger partial charge in [0.25, 0.3) is 0 Å². The molecule has 0 spiro atoms. The lowest BCUT2D eigenvalue weighted by molar-refractivity contribution is 0.428. The van der Waals surface area contributed by atoms with Crippen LogP contribution in [0, 0.1) is 0 Å². The van der Waals surface area contributed by atoms with Gasteiger partial charge in [-0.15, -0.1) is 0 Å². The van der Waals surface area contributed by atoms with Crippen molar-refractivity contribution >= 4 is 21.6 Å². The lowest BCUT2D eigenvalue weighted by atomic mass is 10.2. The Bertz CT molecular complexity index is 414. The van der Waals surface area contributed by atoms with Gasteiger partial charge in [-0.05, 0) is 17.7 Å². The minimum atomic E-state index is -3.12. The van der Waals surface area contributed by atoms with Crippen LogP contribution >= 0.6 is 11.6 Å². The summed E-state index contributed by atoms with van der Waals surface area (Å²) >= 11 is 5.74. The normalized spacial score (nSPS) is 12.0. The van der Waals surface area contributed by atoms with Gasteiger partial charge < -0.3 is 0 Å². The monoisotopic (exact) mass is 247 g/mol. The SMILES string of the molecule is CCN(Cc1ccc(Cl)cc1)S(C)(=O)=O. The maximum absolute atomic E-state index is 11.3. The number of hydrogen-bond acceptors (Lipinski definition) is 2. The molecular formula is C10H14ClNO2S. The first-order valence-electron chi connectivity index (χ1n) is 4.63. The first-order chi connectivity index (χ1) is 6.93. The molecule has 1 rings (SSSR count). The van der Waals surface area contributed by atoms with Crippen LogP contribution in [-0.2, 0) is 16.6 Å². The third-order valence-corrected chi connectivity index (χ3v) is 3.67. The third kappa shape index (κ3) is 3.81. The van der Waals surface area contributed by atoms with Crippen molar-refractivity contribution in [3.05, 3.63) is 34.9 Å². The van der Waals surface area contributed by atoms with E-state index in [-0.39, 0.29) is 0 Å². The van der Waals surface area contributed by atoms with E-state index in [1.165, 1.54) is 10.6 Å². The van der Waals surface area contributed by atoms with E-state index >= 15 is 0 Å². The molecule has 0 fully saturated rings. The van der Waals surface area contributed by atoms with E-state index in [0.717, 1.165) is 5.56 Å². The van der Waals surface area contributed by atoms with E-state index in [2.05, 4.69) is 0 Å². The Labute approximate surface area is 95.7 Å². The van der Waals surface area contributed by atoms with Crippen LogP contribution in [0.1, 0.15) is 12.5 Å². The van der Waals surface area contributed by atoms with Crippen LogP contribution in [0.25, 0.3) is 0 Å². The predicted octanol–water partition coefficient (Wildman–Crippen LogP) is 2.12. The molecule has 0 aliphatic rings. The van der Waals surface area contributed by atoms with Crippen LogP contribution in [0.3, 0.4) is 0 Å². The minimum absolute atomic E-state index is 0.395. The van der Waals surface area contributed by atoms with Gasteiger partial charge in [0.05, 0.1) is 6.26 Å². The van der Waals surface area contributed by atoms with Crippen molar-refractivity contribution in [2.45, 2.75) is 13.5 Å². The highest BCUT2D eigenvalue weighted by Crippen LogP contribution is 2.12. The molecule has 84 valence electrons. The number of sulfonamides is 1. The topological polar surface area (TPSA) is 37.4 Å². The average molecular weight is 248 g/mol. The highest BCUT2D eigenvalue weighted by molar-refractivity contribution is 7.88. The van der Waals surface area contributed by atoms with Crippen molar-refractivity contribution in [2.75, 3.05) is 12.8 Å². The largest absolute Gasteiger partial charge is 0.212 e. The third-order valence-electron chi connectivity index (χ3n) is 2.09. The van der Waals surface area contributed by atoms with Crippen LogP contribution in [0.5, 0.6) is 0 Å². The van der Waals surface area contributed by atoms with Crippen LogP contribution in [0.2, 0.25) is 5.02 Å². The molecule has 0 saturated heterocycles. The highest BCUT2D eigenvalue weighted by atomic mass is 35.5. The van der Waals surface area contributed by atoms with Crippen molar-refractivity contribution in [2.24, 2.45) is 0 Å². The van der Waals surface area contributed by atoms with Gasteiger partial charge in [-0.25, -0.2) is 8.42 Å². The summed E-state index contributed by atoms with van der Waals surface area (Å²) in [6.45, 7) is 2.69. The van der Waals surface area contributed by atoms with Crippen molar-refractivity contribution in [3.63, 3.8) is 0 Å². The second-order valence-corrected chi connectivity index (χ2v) is 5.73. The zero-order valence-corrected chi connectivity index (χ0v) is 10.3. The van der Waals surface area contributed by atoms with Gasteiger partial charge >= 0.3 is 0 Å². The summed E-state index contributed by atoms with van der Waals surface area (Å²) in [5.41, 5.74) is 0.937. The van der Waals surface area contributed by atoms with E-state index < -0.39 is 10.0 Å². The van der Waals surface area contributed by atoms with Gasteiger partial charge in [0.2, 0.25) is 10.0 Å². The summed E-state index contributed by atoms with van der Waals surface area (Å²) < 4.78 is 24.1. The molecular weight excluding hydrogens is 234 g/mol. The van der Waals surface area contributed by atoms with Crippen LogP contribution in [-0.4, -0.2) is 25.5 Å². The van der Waals surface area contributed by atoms with Crippen molar-refractivity contribution in [1.29, 1.82) is 0 Å². The molecule has 0 bridgehead atoms. The maximum Gasteiger partial charge on any atom is 0.211 e. The first-order valence-corrected chi connectivity index (χ1v) is 6.85. The Morgan fingerprint density at radius 2 is 1.80 bits per heavy atom. The quantitative estimate of drug-likeness (QED) is 0.817. The number of benzene rings is 1. The molecule has 0 amide bonds.